The van der Waals surface area contributed by atoms with Crippen LogP contribution in [0, 0.1) is 5.92 Å². The van der Waals surface area contributed by atoms with Gasteiger partial charge in [-0.15, -0.1) is 0 Å². The molecule has 1 fully saturated rings. The third-order valence-corrected chi connectivity index (χ3v) is 4.40. The Morgan fingerprint density at radius 1 is 1.22 bits per heavy atom. The number of rotatable bonds is 5. The van der Waals surface area contributed by atoms with Gasteiger partial charge in [0, 0.05) is 6.04 Å². The van der Waals surface area contributed by atoms with E-state index in [0.29, 0.717) is 6.04 Å². The van der Waals surface area contributed by atoms with Gasteiger partial charge >= 0.3 is 0 Å². The highest BCUT2D eigenvalue weighted by Crippen LogP contribution is 2.29. The molecule has 18 heavy (non-hydrogen) atoms. The van der Waals surface area contributed by atoms with Gasteiger partial charge < -0.3 is 10.1 Å². The number of nitrogens with one attached hydrogen (secondary N) is 1. The van der Waals surface area contributed by atoms with Crippen molar-refractivity contribution in [2.45, 2.75) is 70.8 Å². The van der Waals surface area contributed by atoms with Crippen molar-refractivity contribution in [3.63, 3.8) is 0 Å². The van der Waals surface area contributed by atoms with Crippen LogP contribution in [-0.2, 0) is 4.74 Å². The summed E-state index contributed by atoms with van der Waals surface area (Å²) >= 11 is 0. The maximum absolute atomic E-state index is 5.52. The third-order valence-electron chi connectivity index (χ3n) is 4.40. The molecule has 1 heterocycles. The lowest BCUT2D eigenvalue weighted by atomic mass is 9.88. The molecule has 1 aliphatic heterocycles. The van der Waals surface area contributed by atoms with E-state index in [4.69, 9.17) is 4.74 Å². The molecule has 0 aromatic rings. The first-order valence-electron chi connectivity index (χ1n) is 7.94. The Hall–Kier alpha value is -0.500. The lowest BCUT2D eigenvalue weighted by Gasteiger charge is -2.27. The van der Waals surface area contributed by atoms with Gasteiger partial charge in [0.2, 0.25) is 0 Å². The molecule has 0 bridgehead atoms. The fraction of sp³-hybridized carbons (Fsp3) is 0.875. The maximum Gasteiger partial charge on any atom is 0.0876 e. The van der Waals surface area contributed by atoms with Crippen molar-refractivity contribution in [1.29, 1.82) is 0 Å². The van der Waals surface area contributed by atoms with Crippen LogP contribution in [0.25, 0.3) is 0 Å². The van der Waals surface area contributed by atoms with Crippen LogP contribution in [0.15, 0.2) is 11.8 Å². The smallest absolute Gasteiger partial charge is 0.0876 e. The highest BCUT2D eigenvalue weighted by Gasteiger charge is 2.21. The molecule has 2 heteroatoms. The molecule has 0 amide bonds. The molecule has 1 N–H and O–H groups in total. The first-order valence-corrected chi connectivity index (χ1v) is 7.94. The highest BCUT2D eigenvalue weighted by molar-refractivity contribution is 5.10. The number of hydrogen-bond donors (Lipinski definition) is 1. The van der Waals surface area contributed by atoms with Crippen molar-refractivity contribution in [2.75, 3.05) is 13.2 Å². The zero-order valence-electron chi connectivity index (χ0n) is 11.9. The average molecular weight is 251 g/mol. The van der Waals surface area contributed by atoms with Gasteiger partial charge in [0.05, 0.1) is 12.9 Å². The van der Waals surface area contributed by atoms with E-state index >= 15 is 0 Å². The molecule has 0 saturated heterocycles. The van der Waals surface area contributed by atoms with Gasteiger partial charge in [-0.1, -0.05) is 45.4 Å². The minimum Gasteiger partial charge on any atom is -0.501 e. The molecule has 1 atom stereocenters. The van der Waals surface area contributed by atoms with E-state index in [1.165, 1.54) is 63.4 Å². The van der Waals surface area contributed by atoms with E-state index in [-0.39, 0.29) is 0 Å². The number of ether oxygens (including phenoxy) is 1. The van der Waals surface area contributed by atoms with Gasteiger partial charge in [0.25, 0.3) is 0 Å². The van der Waals surface area contributed by atoms with Crippen LogP contribution in [-0.4, -0.2) is 19.2 Å². The molecule has 104 valence electrons. The molecule has 0 radical (unpaired) electrons. The molecule has 1 aliphatic carbocycles. The Morgan fingerprint density at radius 2 is 2.00 bits per heavy atom. The minimum atomic E-state index is 0.568. The summed E-state index contributed by atoms with van der Waals surface area (Å²) in [6.07, 6.45) is 14.5. The maximum atomic E-state index is 5.52. The quantitative estimate of drug-likeness (QED) is 0.745. The normalized spacial score (nSPS) is 23.9. The summed E-state index contributed by atoms with van der Waals surface area (Å²) < 4.78 is 5.52. The molecule has 1 unspecified atom stereocenters. The molecule has 0 aromatic heterocycles. The summed E-state index contributed by atoms with van der Waals surface area (Å²) in [5.41, 5.74) is 1.51. The molecule has 0 aromatic carbocycles. The van der Waals surface area contributed by atoms with Crippen molar-refractivity contribution >= 4 is 0 Å². The monoisotopic (exact) mass is 251 g/mol. The van der Waals surface area contributed by atoms with Gasteiger partial charge in [-0.05, 0) is 37.3 Å². The fourth-order valence-electron chi connectivity index (χ4n) is 3.39. The molecule has 0 spiro atoms. The van der Waals surface area contributed by atoms with E-state index in [1.54, 1.807) is 0 Å². The Balaban J connectivity index is 1.89. The average Bonchev–Trinajstić information content (AvgIpc) is 2.68. The topological polar surface area (TPSA) is 21.3 Å². The molecule has 1 saturated carbocycles. The van der Waals surface area contributed by atoms with Crippen LogP contribution < -0.4 is 5.32 Å². The summed E-state index contributed by atoms with van der Waals surface area (Å²) in [6.45, 7) is 4.19. The lowest BCUT2D eigenvalue weighted by molar-refractivity contribution is 0.216. The summed E-state index contributed by atoms with van der Waals surface area (Å²) in [6, 6.07) is 0.568. The van der Waals surface area contributed by atoms with Crippen LogP contribution in [0.1, 0.15) is 64.7 Å². The predicted molar refractivity (Wildman–Crippen MR) is 76.5 cm³/mol. The van der Waals surface area contributed by atoms with Crippen molar-refractivity contribution in [1.82, 2.24) is 5.32 Å². The Labute approximate surface area is 112 Å². The summed E-state index contributed by atoms with van der Waals surface area (Å²) in [5.74, 6) is 0.930. The van der Waals surface area contributed by atoms with E-state index < -0.39 is 0 Å². The van der Waals surface area contributed by atoms with Gasteiger partial charge in [-0.2, -0.15) is 0 Å². The van der Waals surface area contributed by atoms with Gasteiger partial charge in [0.15, 0.2) is 0 Å². The van der Waals surface area contributed by atoms with Crippen LogP contribution in [0.3, 0.4) is 0 Å². The van der Waals surface area contributed by atoms with Gasteiger partial charge in [0.1, 0.15) is 0 Å². The zero-order chi connectivity index (χ0) is 12.6. The van der Waals surface area contributed by atoms with Crippen molar-refractivity contribution in [3.05, 3.63) is 11.8 Å². The first kappa shape index (κ1) is 13.9. The molecule has 2 nitrogen and oxygen atoms in total. The Kier molecular flexibility index (Phi) is 6.06. The van der Waals surface area contributed by atoms with E-state index in [9.17, 15) is 0 Å². The molecule has 2 rings (SSSR count). The van der Waals surface area contributed by atoms with Crippen LogP contribution >= 0.6 is 0 Å². The minimum absolute atomic E-state index is 0.568. The highest BCUT2D eigenvalue weighted by atomic mass is 16.5. The second-order valence-corrected chi connectivity index (χ2v) is 5.87. The van der Waals surface area contributed by atoms with E-state index in [2.05, 4.69) is 12.2 Å². The van der Waals surface area contributed by atoms with E-state index in [0.717, 1.165) is 19.1 Å². The second-order valence-electron chi connectivity index (χ2n) is 5.87. The van der Waals surface area contributed by atoms with Crippen molar-refractivity contribution in [3.8, 4) is 0 Å². The predicted octanol–water partition coefficient (Wildman–Crippen LogP) is 4.02. The van der Waals surface area contributed by atoms with Crippen LogP contribution in [0.4, 0.5) is 0 Å². The number of hydrogen-bond acceptors (Lipinski definition) is 2. The van der Waals surface area contributed by atoms with Crippen LogP contribution in [0.2, 0.25) is 0 Å². The number of likely N-dealkylation sites (N-methyl/N-ethyl adjacent to an activating group) is 1. The van der Waals surface area contributed by atoms with Crippen LogP contribution in [0.5, 0.6) is 0 Å². The van der Waals surface area contributed by atoms with Crippen molar-refractivity contribution < 1.29 is 4.74 Å². The SMILES string of the molecule is CCNC(CC1CCCCCC1)C1=COCCC1. The van der Waals surface area contributed by atoms with Gasteiger partial charge in [-0.3, -0.25) is 0 Å². The van der Waals surface area contributed by atoms with E-state index in [1.807, 2.05) is 6.26 Å². The van der Waals surface area contributed by atoms with Gasteiger partial charge in [-0.25, -0.2) is 0 Å². The Bertz CT molecular complexity index is 254. The second kappa shape index (κ2) is 7.83. The molecular formula is C16H29NO. The summed E-state index contributed by atoms with van der Waals surface area (Å²) in [7, 11) is 0. The fourth-order valence-corrected chi connectivity index (χ4v) is 3.39. The molecular weight excluding hydrogens is 222 g/mol. The summed E-state index contributed by atoms with van der Waals surface area (Å²) in [5, 5.41) is 3.67. The standard InChI is InChI=1S/C16H29NO/c1-2-17-16(15-10-7-11-18-13-15)12-14-8-5-3-4-6-9-14/h13-14,16-17H,2-12H2,1H3. The molecule has 2 aliphatic rings. The third kappa shape index (κ3) is 4.31. The Morgan fingerprint density at radius 3 is 2.61 bits per heavy atom. The lowest BCUT2D eigenvalue weighted by Crippen LogP contribution is -2.34. The summed E-state index contributed by atoms with van der Waals surface area (Å²) in [4.78, 5) is 0. The zero-order valence-corrected chi connectivity index (χ0v) is 11.9. The first-order chi connectivity index (χ1) is 8.90. The largest absolute Gasteiger partial charge is 0.501 e. The van der Waals surface area contributed by atoms with Crippen molar-refractivity contribution in [2.24, 2.45) is 5.92 Å².